The average Bonchev–Trinajstić information content (AvgIpc) is 3.84. The minimum atomic E-state index is -3.49. The van der Waals surface area contributed by atoms with E-state index in [9.17, 15) is 14.9 Å². The Bertz CT molecular complexity index is 2940. The van der Waals surface area contributed by atoms with Crippen LogP contribution in [0.4, 0.5) is 5.69 Å². The van der Waals surface area contributed by atoms with E-state index in [-0.39, 0.29) is 23.5 Å². The maximum atomic E-state index is 16.1. The average molecular weight is 1020 g/mol. The fraction of sp³-hybridized carbons (Fsp3) is 0.107. The molecule has 1 aliphatic heterocycles. The molecule has 13 heteroatoms. The molecule has 69 heavy (non-hydrogen) atoms. The highest BCUT2D eigenvalue weighted by molar-refractivity contribution is 9.10. The number of nitro groups is 1. The number of rotatable bonds is 16. The zero-order valence-electron chi connectivity index (χ0n) is 37.1. The molecular weight excluding hydrogens is 972 g/mol. The van der Waals surface area contributed by atoms with Crippen molar-refractivity contribution in [2.45, 2.75) is 29.8 Å². The first-order valence-corrected chi connectivity index (χ1v) is 25.5. The highest BCUT2D eigenvalue weighted by atomic mass is 79.9. The van der Waals surface area contributed by atoms with Gasteiger partial charge in [0.05, 0.1) is 9.67 Å². The van der Waals surface area contributed by atoms with Gasteiger partial charge in [-0.2, -0.15) is 0 Å². The van der Waals surface area contributed by atoms with Gasteiger partial charge in [-0.05, 0) is 78.4 Å². The zero-order chi connectivity index (χ0) is 48.0. The van der Waals surface area contributed by atoms with E-state index in [1.807, 2.05) is 146 Å². The molecule has 0 saturated carbocycles. The van der Waals surface area contributed by atoms with Crippen molar-refractivity contribution in [3.8, 4) is 0 Å². The van der Waals surface area contributed by atoms with Gasteiger partial charge in [0.25, 0.3) is 5.69 Å². The van der Waals surface area contributed by atoms with Crippen molar-refractivity contribution in [1.29, 1.82) is 0 Å². The first-order chi connectivity index (χ1) is 33.6. The van der Waals surface area contributed by atoms with Gasteiger partial charge in [0.1, 0.15) is 29.1 Å². The lowest BCUT2D eigenvalue weighted by Crippen LogP contribution is -2.67. The molecule has 7 aromatic carbocycles. The molecule has 1 aliphatic rings. The summed E-state index contributed by atoms with van der Waals surface area (Å²) in [6.45, 7) is -2.46. The summed E-state index contributed by atoms with van der Waals surface area (Å²) in [5.74, 6) is -2.78. The van der Waals surface area contributed by atoms with Gasteiger partial charge >= 0.3 is 11.9 Å². The molecule has 1 amide bonds. The van der Waals surface area contributed by atoms with Crippen LogP contribution in [0.5, 0.6) is 0 Å². The molecule has 0 bridgehead atoms. The van der Waals surface area contributed by atoms with Gasteiger partial charge < -0.3 is 13.9 Å². The zero-order valence-corrected chi connectivity index (χ0v) is 40.4. The Morgan fingerprint density at radius 1 is 0.681 bits per heavy atom. The summed E-state index contributed by atoms with van der Waals surface area (Å²) in [7, 11) is 0. The Kier molecular flexibility index (Phi) is 14.0. The number of β-lactam (4-membered cyclic amide) rings is 1. The van der Waals surface area contributed by atoms with Crippen molar-refractivity contribution >= 4 is 79.4 Å². The number of esters is 2. The number of thioether (sulfide) groups is 1. The molecule has 3 atom stereocenters. The summed E-state index contributed by atoms with van der Waals surface area (Å²) in [5, 5.41) is 13.0. The minimum absolute atomic E-state index is 0.0945. The van der Waals surface area contributed by atoms with Crippen molar-refractivity contribution in [3.63, 3.8) is 0 Å². The molecule has 8 aromatic rings. The number of halogens is 1. The molecule has 10 nitrogen and oxygen atoms in total. The number of carbonyl (C=O) groups excluding carboxylic acids is 3. The molecular formula is C56H44BrN2O8PS. The third kappa shape index (κ3) is 9.11. The highest BCUT2D eigenvalue weighted by Crippen LogP contribution is 2.59. The molecule has 0 aliphatic carbocycles. The van der Waals surface area contributed by atoms with Crippen LogP contribution in [0.2, 0.25) is 0 Å². The van der Waals surface area contributed by atoms with Gasteiger partial charge in [-0.15, -0.1) is 11.8 Å². The van der Waals surface area contributed by atoms with Gasteiger partial charge in [0.2, 0.25) is 5.91 Å². The summed E-state index contributed by atoms with van der Waals surface area (Å²) in [6, 6.07) is 68.3. The number of non-ortho nitro benzene ring substituents is 1. The Hall–Kier alpha value is -7.24. The van der Waals surface area contributed by atoms with E-state index in [1.54, 1.807) is 29.2 Å². The topological polar surface area (TPSA) is 129 Å². The number of nitrogens with zero attached hydrogens (tertiary/aromatic N) is 2. The molecule has 344 valence electrons. The molecule has 0 N–H and O–H groups in total. The van der Waals surface area contributed by atoms with Gasteiger partial charge in [0, 0.05) is 25.9 Å². The lowest BCUT2D eigenvalue weighted by Gasteiger charge is -2.53. The van der Waals surface area contributed by atoms with Crippen LogP contribution in [0.15, 0.2) is 227 Å². The van der Waals surface area contributed by atoms with Gasteiger partial charge in [-0.25, -0.2) is 4.79 Å². The maximum absolute atomic E-state index is 16.1. The Morgan fingerprint density at radius 3 is 1.51 bits per heavy atom. The maximum Gasteiger partial charge on any atom is 0.356 e. The van der Waals surface area contributed by atoms with Gasteiger partial charge in [0.15, 0.2) is 10.8 Å². The SMILES string of the molecule is CC(=O)OC(c1ccc(Br)o1)C1C(=O)N(C(C(=O)OCc2ccc([N+](=O)[O-])cc2)=P(c2ccccc2)(c2ccccc2)c2ccccc2)C1SC(c1ccccc1)(c1ccccc1)c1ccccc1. The van der Waals surface area contributed by atoms with Crippen molar-refractivity contribution in [2.24, 2.45) is 5.92 Å². The van der Waals surface area contributed by atoms with E-state index in [1.165, 1.54) is 30.8 Å². The Balaban J connectivity index is 1.38. The van der Waals surface area contributed by atoms with Crippen LogP contribution >= 0.6 is 34.6 Å². The standard InChI is InChI=1S/C56H44BrN2O8PS/c1-39(60)66-51(48-36-37-49(57)67-48)50-52(61)58(54(50)69-56(41-20-8-2-9-21-41,42-22-10-3-11-23-42)43-24-12-4-13-25-43)53(55(62)65-38-40-32-34-44(35-33-40)59(63)64)68(45-26-14-5-15-27-45,46-28-16-6-17-29-46)47-30-18-7-19-31-47/h2-37,50-51,54H,38H2,1H3. The summed E-state index contributed by atoms with van der Waals surface area (Å²) < 4.78 is 18.0. The van der Waals surface area contributed by atoms with Crippen LogP contribution in [-0.2, 0) is 35.2 Å². The third-order valence-corrected chi connectivity index (χ3v) is 18.6. The number of ether oxygens (including phenoxy) is 2. The molecule has 0 spiro atoms. The predicted molar refractivity (Wildman–Crippen MR) is 275 cm³/mol. The number of furan rings is 1. The highest BCUT2D eigenvalue weighted by Gasteiger charge is 2.61. The van der Waals surface area contributed by atoms with E-state index in [4.69, 9.17) is 13.9 Å². The summed E-state index contributed by atoms with van der Waals surface area (Å²) >= 11 is 4.90. The smallest absolute Gasteiger partial charge is 0.356 e. The predicted octanol–water partition coefficient (Wildman–Crippen LogP) is 10.9. The monoisotopic (exact) mass is 1010 g/mol. The quantitative estimate of drug-likeness (QED) is 0.0232. The fourth-order valence-electron chi connectivity index (χ4n) is 9.08. The number of hydrogen-bond acceptors (Lipinski definition) is 9. The second-order valence-corrected chi connectivity index (χ2v) is 21.6. The van der Waals surface area contributed by atoms with Gasteiger partial charge in [-0.3, -0.25) is 24.6 Å². The number of amides is 1. The Morgan fingerprint density at radius 2 is 1.12 bits per heavy atom. The molecule has 1 aromatic heterocycles. The normalized spacial score (nSPS) is 15.1. The minimum Gasteiger partial charge on any atom is -0.456 e. The van der Waals surface area contributed by atoms with Crippen molar-refractivity contribution in [3.05, 3.63) is 261 Å². The van der Waals surface area contributed by atoms with Crippen LogP contribution < -0.4 is 15.9 Å². The molecule has 3 unspecified atom stereocenters. The van der Waals surface area contributed by atoms with Crippen LogP contribution in [0.3, 0.4) is 0 Å². The summed E-state index contributed by atoms with van der Waals surface area (Å²) in [4.78, 5) is 58.1. The number of benzene rings is 7. The number of hydrogen-bond donors (Lipinski definition) is 0. The fourth-order valence-corrected chi connectivity index (χ4v) is 15.7. The first kappa shape index (κ1) is 46.9. The summed E-state index contributed by atoms with van der Waals surface area (Å²) in [6.07, 6.45) is -1.23. The van der Waals surface area contributed by atoms with E-state index >= 15 is 9.59 Å². The van der Waals surface area contributed by atoms with E-state index in [2.05, 4.69) is 52.3 Å². The second kappa shape index (κ2) is 20.5. The van der Waals surface area contributed by atoms with Crippen LogP contribution in [0.25, 0.3) is 0 Å². The lowest BCUT2D eigenvalue weighted by atomic mass is 9.84. The molecule has 2 heterocycles. The molecule has 1 saturated heterocycles. The Labute approximate surface area is 412 Å². The first-order valence-electron chi connectivity index (χ1n) is 22.1. The van der Waals surface area contributed by atoms with Crippen molar-refractivity contribution < 1.29 is 33.2 Å². The van der Waals surface area contributed by atoms with E-state index in [0.29, 0.717) is 10.2 Å². The van der Waals surface area contributed by atoms with E-state index < -0.39 is 51.8 Å². The number of carbonyl (C=O) groups is 3. The van der Waals surface area contributed by atoms with Crippen molar-refractivity contribution in [1.82, 2.24) is 4.90 Å². The number of likely N-dealkylation sites (tertiary alicyclic amines) is 1. The third-order valence-electron chi connectivity index (χ3n) is 12.1. The van der Waals surface area contributed by atoms with E-state index in [0.717, 1.165) is 32.6 Å². The number of nitro benzene ring substituents is 1. The van der Waals surface area contributed by atoms with Crippen LogP contribution in [-0.4, -0.2) is 38.5 Å². The van der Waals surface area contributed by atoms with Crippen molar-refractivity contribution in [2.75, 3.05) is 0 Å². The van der Waals surface area contributed by atoms with Crippen LogP contribution in [0.1, 0.15) is 41.0 Å². The summed E-state index contributed by atoms with van der Waals surface area (Å²) in [5.41, 5.74) is 3.18. The van der Waals surface area contributed by atoms with Gasteiger partial charge in [-0.1, -0.05) is 182 Å². The van der Waals surface area contributed by atoms with Crippen LogP contribution in [0, 0.1) is 16.0 Å². The molecule has 0 radical (unpaired) electrons. The largest absolute Gasteiger partial charge is 0.456 e. The molecule has 1 fully saturated rings. The lowest BCUT2D eigenvalue weighted by molar-refractivity contribution is -0.384. The second-order valence-electron chi connectivity index (χ2n) is 16.2. The molecule has 9 rings (SSSR count).